The maximum atomic E-state index is 12.4. The molecule has 0 fully saturated rings. The Morgan fingerprint density at radius 2 is 2.10 bits per heavy atom. The number of H-pyrrole nitrogens is 1. The quantitative estimate of drug-likeness (QED) is 0.593. The topological polar surface area (TPSA) is 84.1 Å². The minimum absolute atomic E-state index is 0.0548. The van der Waals surface area contributed by atoms with Crippen molar-refractivity contribution >= 4 is 39.2 Å². The maximum absolute atomic E-state index is 12.4. The zero-order valence-corrected chi connectivity index (χ0v) is 18.8. The normalized spacial score (nSPS) is 12.2. The summed E-state index contributed by atoms with van der Waals surface area (Å²) in [6.45, 7) is 8.20. The lowest BCUT2D eigenvalue weighted by Crippen LogP contribution is -2.30. The van der Waals surface area contributed by atoms with Gasteiger partial charge in [-0.3, -0.25) is 9.59 Å². The van der Waals surface area contributed by atoms with Crippen LogP contribution >= 0.6 is 23.1 Å². The number of rotatable bonds is 7. The molecule has 2 heterocycles. The van der Waals surface area contributed by atoms with Crippen LogP contribution in [-0.4, -0.2) is 28.2 Å². The van der Waals surface area contributed by atoms with Crippen LogP contribution in [0.3, 0.4) is 0 Å². The highest BCUT2D eigenvalue weighted by atomic mass is 32.2. The van der Waals surface area contributed by atoms with Crippen LogP contribution in [0, 0.1) is 20.8 Å². The number of methoxy groups -OCH3 is 1. The fraction of sp³-hybridized carbons (Fsp3) is 0.381. The third kappa shape index (κ3) is 4.82. The molecular weight excluding hydrogens is 406 g/mol. The van der Waals surface area contributed by atoms with Crippen molar-refractivity contribution in [3.05, 3.63) is 55.9 Å². The van der Waals surface area contributed by atoms with E-state index in [4.69, 9.17) is 4.74 Å². The van der Waals surface area contributed by atoms with Crippen LogP contribution in [0.25, 0.3) is 10.2 Å². The average molecular weight is 432 g/mol. The van der Waals surface area contributed by atoms with Crippen molar-refractivity contribution in [3.8, 4) is 5.75 Å². The lowest BCUT2D eigenvalue weighted by atomic mass is 10.1. The Morgan fingerprint density at radius 1 is 1.34 bits per heavy atom. The van der Waals surface area contributed by atoms with Gasteiger partial charge in [0.25, 0.3) is 5.56 Å². The minimum Gasteiger partial charge on any atom is -0.496 e. The molecule has 1 atom stereocenters. The lowest BCUT2D eigenvalue weighted by Gasteiger charge is -2.13. The molecular formula is C21H25N3O3S2. The van der Waals surface area contributed by atoms with E-state index in [1.807, 2.05) is 45.9 Å². The summed E-state index contributed by atoms with van der Waals surface area (Å²) in [6, 6.07) is 5.89. The molecule has 29 heavy (non-hydrogen) atoms. The van der Waals surface area contributed by atoms with Crippen molar-refractivity contribution in [2.24, 2.45) is 0 Å². The van der Waals surface area contributed by atoms with Gasteiger partial charge in [0.05, 0.1) is 23.5 Å². The van der Waals surface area contributed by atoms with E-state index in [9.17, 15) is 9.59 Å². The molecule has 3 rings (SSSR count). The number of aryl methyl sites for hydroxylation is 3. The molecule has 0 radical (unpaired) electrons. The van der Waals surface area contributed by atoms with Crippen molar-refractivity contribution < 1.29 is 9.53 Å². The van der Waals surface area contributed by atoms with Gasteiger partial charge in [0.2, 0.25) is 5.91 Å². The van der Waals surface area contributed by atoms with Crippen molar-refractivity contribution in [1.82, 2.24) is 15.3 Å². The zero-order valence-electron chi connectivity index (χ0n) is 17.2. The molecule has 154 valence electrons. The number of ether oxygens (including phenoxy) is 1. The molecule has 6 nitrogen and oxygen atoms in total. The van der Waals surface area contributed by atoms with E-state index in [0.29, 0.717) is 23.5 Å². The second kappa shape index (κ2) is 9.00. The first kappa shape index (κ1) is 21.4. The third-order valence-corrected chi connectivity index (χ3v) is 7.12. The molecule has 0 saturated heterocycles. The highest BCUT2D eigenvalue weighted by Crippen LogP contribution is 2.26. The van der Waals surface area contributed by atoms with Crippen molar-refractivity contribution in [2.45, 2.75) is 45.2 Å². The predicted octanol–water partition coefficient (Wildman–Crippen LogP) is 3.86. The van der Waals surface area contributed by atoms with Crippen LogP contribution in [0.15, 0.2) is 23.0 Å². The highest BCUT2D eigenvalue weighted by Gasteiger charge is 2.16. The van der Waals surface area contributed by atoms with Crippen LogP contribution in [-0.2, 0) is 17.1 Å². The number of thiophene rings is 1. The Kier molecular flexibility index (Phi) is 6.64. The maximum Gasteiger partial charge on any atom is 0.259 e. The van der Waals surface area contributed by atoms with Gasteiger partial charge in [0.1, 0.15) is 16.4 Å². The summed E-state index contributed by atoms with van der Waals surface area (Å²) in [4.78, 5) is 34.1. The van der Waals surface area contributed by atoms with Gasteiger partial charge in [-0.05, 0) is 50.5 Å². The van der Waals surface area contributed by atoms with E-state index in [2.05, 4.69) is 15.3 Å². The molecule has 2 N–H and O–H groups in total. The van der Waals surface area contributed by atoms with Crippen LogP contribution in [0.5, 0.6) is 5.75 Å². The average Bonchev–Trinajstić information content (AvgIpc) is 2.99. The van der Waals surface area contributed by atoms with E-state index >= 15 is 0 Å². The number of nitrogens with one attached hydrogen (secondary N) is 2. The largest absolute Gasteiger partial charge is 0.496 e. The summed E-state index contributed by atoms with van der Waals surface area (Å²) in [5.41, 5.74) is 2.91. The summed E-state index contributed by atoms with van der Waals surface area (Å²) in [6.07, 6.45) is 0. The molecule has 1 aromatic carbocycles. The van der Waals surface area contributed by atoms with Gasteiger partial charge in [0, 0.05) is 11.4 Å². The third-order valence-electron chi connectivity index (χ3n) is 4.87. The first-order valence-electron chi connectivity index (χ1n) is 9.32. The number of nitrogens with zero attached hydrogens (tertiary/aromatic N) is 1. The molecule has 0 aliphatic carbocycles. The molecule has 0 aliphatic rings. The van der Waals surface area contributed by atoms with Crippen LogP contribution in [0.2, 0.25) is 0 Å². The number of carbonyl (C=O) groups is 1. The Hall–Kier alpha value is -2.32. The molecule has 2 aromatic heterocycles. The van der Waals surface area contributed by atoms with Gasteiger partial charge in [-0.15, -0.1) is 23.1 Å². The second-order valence-electron chi connectivity index (χ2n) is 6.95. The summed E-state index contributed by atoms with van der Waals surface area (Å²) in [7, 11) is 1.64. The van der Waals surface area contributed by atoms with Crippen molar-refractivity contribution in [1.29, 1.82) is 0 Å². The van der Waals surface area contributed by atoms with E-state index in [1.54, 1.807) is 7.11 Å². The van der Waals surface area contributed by atoms with Crippen LogP contribution in [0.4, 0.5) is 0 Å². The van der Waals surface area contributed by atoms with Gasteiger partial charge in [-0.1, -0.05) is 12.1 Å². The standard InChI is InChI=1S/C21H25N3O3S2/c1-11-6-7-15(8-16(11)27-5)9-22-19(25)14(4)28-10-17-23-20(26)18-12(2)13(3)29-21(18)24-17/h6-8,14H,9-10H2,1-5H3,(H,22,25)(H,23,24,26). The van der Waals surface area contributed by atoms with E-state index in [1.165, 1.54) is 23.1 Å². The van der Waals surface area contributed by atoms with Gasteiger partial charge in [-0.2, -0.15) is 0 Å². The highest BCUT2D eigenvalue weighted by molar-refractivity contribution is 7.99. The Labute approximate surface area is 178 Å². The number of amides is 1. The molecule has 8 heteroatoms. The molecule has 1 amide bonds. The lowest BCUT2D eigenvalue weighted by molar-refractivity contribution is -0.120. The van der Waals surface area contributed by atoms with Crippen LogP contribution < -0.4 is 15.6 Å². The Bertz CT molecular complexity index is 1100. The minimum atomic E-state index is -0.268. The van der Waals surface area contributed by atoms with Crippen molar-refractivity contribution in [2.75, 3.05) is 7.11 Å². The second-order valence-corrected chi connectivity index (χ2v) is 9.48. The summed E-state index contributed by atoms with van der Waals surface area (Å²) < 4.78 is 5.32. The number of hydrogen-bond donors (Lipinski definition) is 2. The number of thioether (sulfide) groups is 1. The number of benzene rings is 1. The number of fused-ring (bicyclic) bond motifs is 1. The molecule has 0 spiro atoms. The SMILES string of the molecule is COc1cc(CNC(=O)C(C)SCc2nc3sc(C)c(C)c3c(=O)[nH]2)ccc1C. The Morgan fingerprint density at radius 3 is 2.83 bits per heavy atom. The van der Waals surface area contributed by atoms with E-state index < -0.39 is 0 Å². The van der Waals surface area contributed by atoms with E-state index in [0.717, 1.165) is 32.1 Å². The number of aromatic amines is 1. The van der Waals surface area contributed by atoms with Gasteiger partial charge >= 0.3 is 0 Å². The summed E-state index contributed by atoms with van der Waals surface area (Å²) in [5.74, 6) is 1.81. The van der Waals surface area contributed by atoms with Gasteiger partial charge in [-0.25, -0.2) is 4.98 Å². The van der Waals surface area contributed by atoms with Gasteiger partial charge < -0.3 is 15.0 Å². The van der Waals surface area contributed by atoms with Crippen molar-refractivity contribution in [3.63, 3.8) is 0 Å². The van der Waals surface area contributed by atoms with Gasteiger partial charge in [0.15, 0.2) is 0 Å². The molecule has 0 aliphatic heterocycles. The monoisotopic (exact) mass is 431 g/mol. The first-order valence-corrected chi connectivity index (χ1v) is 11.2. The number of aromatic nitrogens is 2. The fourth-order valence-electron chi connectivity index (χ4n) is 2.95. The number of carbonyl (C=O) groups excluding carboxylic acids is 1. The molecule has 0 bridgehead atoms. The fourth-order valence-corrected chi connectivity index (χ4v) is 4.78. The summed E-state index contributed by atoms with van der Waals surface area (Å²) >= 11 is 2.97. The molecule has 3 aromatic rings. The molecule has 1 unspecified atom stereocenters. The smallest absolute Gasteiger partial charge is 0.259 e. The van der Waals surface area contributed by atoms with E-state index in [-0.39, 0.29) is 16.7 Å². The molecule has 0 saturated carbocycles. The first-order chi connectivity index (χ1) is 13.8. The summed E-state index contributed by atoms with van der Waals surface area (Å²) in [5, 5.41) is 3.35. The predicted molar refractivity (Wildman–Crippen MR) is 120 cm³/mol. The van der Waals surface area contributed by atoms with Crippen LogP contribution in [0.1, 0.15) is 34.3 Å². The Balaban J connectivity index is 1.59. The zero-order chi connectivity index (χ0) is 21.1. The number of hydrogen-bond acceptors (Lipinski definition) is 6.